The largest absolute Gasteiger partial charge is 0.397 e. The van der Waals surface area contributed by atoms with Gasteiger partial charge in [0.1, 0.15) is 5.69 Å². The monoisotopic (exact) mass is 378 g/mol. The normalized spacial score (nSPS) is 12.9. The predicted octanol–water partition coefficient (Wildman–Crippen LogP) is 3.57. The smallest absolute Gasteiger partial charge is 0.310 e. The molecule has 0 saturated carbocycles. The summed E-state index contributed by atoms with van der Waals surface area (Å²) >= 11 is 6.58. The molecule has 0 aliphatic carbocycles. The molecule has 0 bridgehead atoms. The van der Waals surface area contributed by atoms with E-state index in [4.69, 9.17) is 11.6 Å². The number of hydrogen-bond donors (Lipinski definition) is 0. The summed E-state index contributed by atoms with van der Waals surface area (Å²) in [5, 5.41) is 3.30. The number of nitrogens with zero attached hydrogens (tertiary/aromatic N) is 4. The molecule has 0 aromatic carbocycles. The summed E-state index contributed by atoms with van der Waals surface area (Å²) < 4.78 is 38.3. The molecule has 2 aromatic rings. The van der Waals surface area contributed by atoms with E-state index < -0.39 is 23.1 Å². The van der Waals surface area contributed by atoms with Gasteiger partial charge in [-0.15, -0.1) is 11.8 Å². The summed E-state index contributed by atoms with van der Waals surface area (Å²) in [6.07, 6.45) is 0.375. The van der Waals surface area contributed by atoms with Crippen LogP contribution in [0.25, 0.3) is 5.69 Å². The zero-order valence-corrected chi connectivity index (χ0v) is 14.4. The highest BCUT2D eigenvalue weighted by Crippen LogP contribution is 2.29. The van der Waals surface area contributed by atoms with Crippen LogP contribution in [0, 0.1) is 0 Å². The second-order valence-electron chi connectivity index (χ2n) is 4.93. The van der Waals surface area contributed by atoms with Gasteiger partial charge in [0.15, 0.2) is 5.15 Å². The van der Waals surface area contributed by atoms with Crippen LogP contribution in [0.3, 0.4) is 0 Å². The van der Waals surface area contributed by atoms with Crippen molar-refractivity contribution in [2.75, 3.05) is 17.7 Å². The van der Waals surface area contributed by atoms with Crippen LogP contribution in [0.15, 0.2) is 30.7 Å². The molecule has 24 heavy (non-hydrogen) atoms. The summed E-state index contributed by atoms with van der Waals surface area (Å²) in [5.41, 5.74) is 0.955. The van der Waals surface area contributed by atoms with Crippen molar-refractivity contribution in [2.24, 2.45) is 0 Å². The lowest BCUT2D eigenvalue weighted by atomic mass is 10.3. The fraction of sp³-hybridized carbons (Fsp3) is 0.357. The van der Waals surface area contributed by atoms with E-state index in [1.54, 1.807) is 24.5 Å². The molecule has 0 N–H and O–H groups in total. The van der Waals surface area contributed by atoms with Crippen LogP contribution in [-0.4, -0.2) is 44.9 Å². The Morgan fingerprint density at radius 3 is 2.79 bits per heavy atom. The van der Waals surface area contributed by atoms with E-state index in [9.17, 15) is 18.0 Å². The van der Waals surface area contributed by atoms with Crippen molar-refractivity contribution >= 4 is 35.0 Å². The van der Waals surface area contributed by atoms with Gasteiger partial charge in [-0.25, -0.2) is 4.68 Å². The van der Waals surface area contributed by atoms with Crippen molar-refractivity contribution < 1.29 is 18.0 Å². The molecule has 5 nitrogen and oxygen atoms in total. The van der Waals surface area contributed by atoms with Gasteiger partial charge in [-0.3, -0.25) is 9.78 Å². The van der Waals surface area contributed by atoms with Crippen LogP contribution in [0.4, 0.5) is 18.9 Å². The fourth-order valence-electron chi connectivity index (χ4n) is 1.87. The molecule has 1 unspecified atom stereocenters. The first-order valence-corrected chi connectivity index (χ1v) is 8.23. The van der Waals surface area contributed by atoms with Crippen molar-refractivity contribution in [3.8, 4) is 5.69 Å². The maximum absolute atomic E-state index is 12.3. The number of hydrogen-bond acceptors (Lipinski definition) is 4. The molecule has 0 saturated heterocycles. The SMILES string of the molecule is CC(SCC(F)(F)F)C(=O)N(C)c1cn(-c2cccnc2)nc1Cl. The summed E-state index contributed by atoms with van der Waals surface area (Å²) in [5.74, 6) is -1.58. The summed E-state index contributed by atoms with van der Waals surface area (Å²) in [6, 6.07) is 3.47. The number of anilines is 1. The fourth-order valence-corrected chi connectivity index (χ4v) is 2.87. The van der Waals surface area contributed by atoms with E-state index in [0.29, 0.717) is 23.1 Å². The molecule has 0 radical (unpaired) electrons. The van der Waals surface area contributed by atoms with Gasteiger partial charge < -0.3 is 4.90 Å². The van der Waals surface area contributed by atoms with Gasteiger partial charge in [0.2, 0.25) is 5.91 Å². The van der Waals surface area contributed by atoms with E-state index >= 15 is 0 Å². The number of aromatic nitrogens is 3. The lowest BCUT2D eigenvalue weighted by Gasteiger charge is -2.20. The van der Waals surface area contributed by atoms with E-state index in [0.717, 1.165) is 0 Å². The molecule has 2 heterocycles. The van der Waals surface area contributed by atoms with E-state index in [1.807, 2.05) is 0 Å². The Labute approximate surface area is 145 Å². The zero-order valence-electron chi connectivity index (χ0n) is 12.8. The minimum absolute atomic E-state index is 0.0720. The first kappa shape index (κ1) is 18.6. The average Bonchev–Trinajstić information content (AvgIpc) is 2.93. The molecular formula is C14H14ClF3N4OS. The highest BCUT2D eigenvalue weighted by Gasteiger charge is 2.31. The Morgan fingerprint density at radius 2 is 2.21 bits per heavy atom. The Balaban J connectivity index is 2.13. The standard InChI is InChI=1S/C14H14ClF3N4OS/c1-9(24-8-14(16,17)18)13(23)21(2)11-7-22(20-12(11)15)10-4-3-5-19-6-10/h3-7,9H,8H2,1-2H3. The van der Waals surface area contributed by atoms with Gasteiger partial charge in [-0.2, -0.15) is 18.3 Å². The second-order valence-corrected chi connectivity index (χ2v) is 6.61. The lowest BCUT2D eigenvalue weighted by Crippen LogP contribution is -2.34. The molecule has 1 atom stereocenters. The minimum atomic E-state index is -4.32. The topological polar surface area (TPSA) is 51.0 Å². The third kappa shape index (κ3) is 4.64. The van der Waals surface area contributed by atoms with Crippen LogP contribution in [0.5, 0.6) is 0 Å². The maximum Gasteiger partial charge on any atom is 0.397 e. The molecule has 2 rings (SSSR count). The molecule has 0 fully saturated rings. The molecule has 0 aliphatic rings. The summed E-state index contributed by atoms with van der Waals surface area (Å²) in [7, 11) is 1.45. The number of carbonyl (C=O) groups excluding carboxylic acids is 1. The van der Waals surface area contributed by atoms with Gasteiger partial charge >= 0.3 is 6.18 Å². The van der Waals surface area contributed by atoms with E-state index in [2.05, 4.69) is 10.1 Å². The van der Waals surface area contributed by atoms with E-state index in [1.165, 1.54) is 29.7 Å². The third-order valence-electron chi connectivity index (χ3n) is 3.10. The van der Waals surface area contributed by atoms with Crippen LogP contribution in [0.1, 0.15) is 6.92 Å². The van der Waals surface area contributed by atoms with E-state index in [-0.39, 0.29) is 5.15 Å². The summed E-state index contributed by atoms with van der Waals surface area (Å²) in [4.78, 5) is 17.5. The van der Waals surface area contributed by atoms with Gasteiger partial charge in [0, 0.05) is 13.2 Å². The van der Waals surface area contributed by atoms with Crippen LogP contribution in [-0.2, 0) is 4.79 Å². The lowest BCUT2D eigenvalue weighted by molar-refractivity contribution is -0.117. The highest BCUT2D eigenvalue weighted by atomic mass is 35.5. The Morgan fingerprint density at radius 1 is 1.50 bits per heavy atom. The predicted molar refractivity (Wildman–Crippen MR) is 87.8 cm³/mol. The van der Waals surface area contributed by atoms with Crippen molar-refractivity contribution in [3.05, 3.63) is 35.9 Å². The minimum Gasteiger partial charge on any atom is -0.310 e. The van der Waals surface area contributed by atoms with Crippen molar-refractivity contribution in [2.45, 2.75) is 18.3 Å². The number of pyridine rings is 1. The molecule has 0 aliphatic heterocycles. The zero-order chi connectivity index (χ0) is 17.9. The molecule has 130 valence electrons. The number of amides is 1. The van der Waals surface area contributed by atoms with Gasteiger partial charge in [-0.05, 0) is 19.1 Å². The average molecular weight is 379 g/mol. The van der Waals surface area contributed by atoms with Gasteiger partial charge in [0.25, 0.3) is 0 Å². The third-order valence-corrected chi connectivity index (χ3v) is 4.56. The Hall–Kier alpha value is -1.74. The number of alkyl halides is 3. The molecular weight excluding hydrogens is 365 g/mol. The van der Waals surface area contributed by atoms with Crippen molar-refractivity contribution in [1.29, 1.82) is 0 Å². The van der Waals surface area contributed by atoms with Crippen LogP contribution < -0.4 is 4.90 Å². The van der Waals surface area contributed by atoms with Crippen LogP contribution >= 0.6 is 23.4 Å². The first-order chi connectivity index (χ1) is 11.2. The number of thioether (sulfide) groups is 1. The van der Waals surface area contributed by atoms with Crippen LogP contribution in [0.2, 0.25) is 5.15 Å². The molecule has 1 amide bonds. The summed E-state index contributed by atoms with van der Waals surface area (Å²) in [6.45, 7) is 1.43. The van der Waals surface area contributed by atoms with Crippen molar-refractivity contribution in [1.82, 2.24) is 14.8 Å². The van der Waals surface area contributed by atoms with Gasteiger partial charge in [-0.1, -0.05) is 11.6 Å². The number of carbonyl (C=O) groups is 1. The molecule has 0 spiro atoms. The highest BCUT2D eigenvalue weighted by molar-refractivity contribution is 8.00. The maximum atomic E-state index is 12.3. The first-order valence-electron chi connectivity index (χ1n) is 6.80. The molecule has 2 aromatic heterocycles. The second kappa shape index (κ2) is 7.43. The Kier molecular flexibility index (Phi) is 5.76. The molecule has 10 heteroatoms. The van der Waals surface area contributed by atoms with Gasteiger partial charge in [0.05, 0.1) is 29.1 Å². The van der Waals surface area contributed by atoms with Crippen molar-refractivity contribution in [3.63, 3.8) is 0 Å². The quantitative estimate of drug-likeness (QED) is 0.798. The Bertz CT molecular complexity index is 708. The number of rotatable bonds is 5. The number of halogens is 4.